The zero-order valence-electron chi connectivity index (χ0n) is 33.9. The van der Waals surface area contributed by atoms with Crippen molar-refractivity contribution in [2.45, 2.75) is 53.6 Å². The van der Waals surface area contributed by atoms with Gasteiger partial charge in [-0.1, -0.05) is 81.4 Å². The minimum atomic E-state index is -2.77. The third-order valence-electron chi connectivity index (χ3n) is 7.19. The van der Waals surface area contributed by atoms with Crippen LogP contribution in [-0.4, -0.2) is 4.98 Å². The van der Waals surface area contributed by atoms with Crippen LogP contribution < -0.4 is 0 Å². The van der Waals surface area contributed by atoms with Gasteiger partial charge >= 0.3 is 0 Å². The number of hydrogen-bond acceptors (Lipinski definition) is 2. The molecule has 6 aromatic rings. The molecule has 0 aliphatic carbocycles. The Morgan fingerprint density at radius 1 is 0.667 bits per heavy atom. The number of benzene rings is 4. The Kier molecular flexibility index (Phi) is 3.51. The molecule has 0 amide bonds. The van der Waals surface area contributed by atoms with E-state index in [4.69, 9.17) is 20.9 Å². The second-order valence-corrected chi connectivity index (χ2v) is 10.9. The molecule has 0 bridgehead atoms. The highest BCUT2D eigenvalue weighted by atomic mass is 16.3. The highest BCUT2D eigenvalue weighted by Crippen LogP contribution is 2.39. The average molecular weight is 522 g/mol. The molecule has 0 saturated carbocycles. The molecular weight excluding hydrogens is 474 g/mol. The summed E-state index contributed by atoms with van der Waals surface area (Å²) >= 11 is 0. The summed E-state index contributed by atoms with van der Waals surface area (Å²) in [6, 6.07) is 21.3. The lowest BCUT2D eigenvalue weighted by Crippen LogP contribution is -2.10. The van der Waals surface area contributed by atoms with Crippen LogP contribution in [-0.2, 0) is 5.41 Å². The van der Waals surface area contributed by atoms with Crippen LogP contribution in [0.1, 0.15) is 65.0 Å². The van der Waals surface area contributed by atoms with Crippen molar-refractivity contribution in [1.82, 2.24) is 4.98 Å². The minimum Gasteiger partial charge on any atom is -0.455 e. The molecule has 39 heavy (non-hydrogen) atoms. The molecule has 0 N–H and O–H groups in total. The van der Waals surface area contributed by atoms with E-state index in [-0.39, 0.29) is 50.1 Å². The molecule has 2 nitrogen and oxygen atoms in total. The van der Waals surface area contributed by atoms with Crippen molar-refractivity contribution >= 4 is 21.9 Å². The van der Waals surface area contributed by atoms with E-state index in [1.165, 1.54) is 30.3 Å². The second-order valence-electron chi connectivity index (χ2n) is 10.9. The number of furan rings is 1. The fourth-order valence-electron chi connectivity index (χ4n) is 5.04. The van der Waals surface area contributed by atoms with Gasteiger partial charge in [-0.05, 0) is 101 Å². The van der Waals surface area contributed by atoms with E-state index >= 15 is 0 Å². The Labute approximate surface area is 248 Å². The smallest absolute Gasteiger partial charge is 0.144 e. The van der Waals surface area contributed by atoms with E-state index in [0.717, 1.165) is 11.8 Å². The molecule has 0 atom stereocenters. The van der Waals surface area contributed by atoms with Gasteiger partial charge in [-0.25, -0.2) is 0 Å². The first-order valence-electron chi connectivity index (χ1n) is 18.7. The number of rotatable bonds is 3. The van der Waals surface area contributed by atoms with Gasteiger partial charge in [0.1, 0.15) is 11.2 Å². The predicted octanol–water partition coefficient (Wildman–Crippen LogP) is 10.5. The summed E-state index contributed by atoms with van der Waals surface area (Å²) in [6.45, 7) is -4.40. The van der Waals surface area contributed by atoms with E-state index in [0.29, 0.717) is 33.1 Å². The molecule has 194 valence electrons. The van der Waals surface area contributed by atoms with E-state index in [1.807, 2.05) is 32.9 Å². The number of nitrogens with zero attached hydrogens (tertiary/aromatic N) is 1. The Bertz CT molecular complexity index is 2280. The Morgan fingerprint density at radius 2 is 1.41 bits per heavy atom. The van der Waals surface area contributed by atoms with Gasteiger partial charge in [-0.15, -0.1) is 0 Å². The van der Waals surface area contributed by atoms with Crippen LogP contribution in [0.4, 0.5) is 0 Å². The molecular formula is C37H35NO. The lowest BCUT2D eigenvalue weighted by Gasteiger charge is -2.20. The number of fused-ring (bicyclic) bond motifs is 3. The normalized spacial score (nSPS) is 17.8. The van der Waals surface area contributed by atoms with Gasteiger partial charge < -0.3 is 4.42 Å². The molecule has 0 aliphatic rings. The van der Waals surface area contributed by atoms with Gasteiger partial charge in [-0.3, -0.25) is 4.98 Å². The van der Waals surface area contributed by atoms with Crippen LogP contribution in [0, 0.1) is 27.4 Å². The maximum absolute atomic E-state index is 8.52. The standard InChI is InChI=1S/C37H35NO/c1-22-11-16-28-29-9-8-10-30(36(29)39-35(28)17-22)34-20-33(25(4)21-38-34)32-19-23(2)31(18-24(32)3)26-12-14-27(15-13-26)37(5,6)7/h8-21H,1-7H3/i1D3,2D3,3D3,4D3. The Balaban J connectivity index is 1.63. The first kappa shape index (κ1) is 14.8. The maximum Gasteiger partial charge on any atom is 0.144 e. The molecule has 0 radical (unpaired) electrons. The molecule has 2 aromatic heterocycles. The van der Waals surface area contributed by atoms with Crippen LogP contribution in [0.2, 0.25) is 0 Å². The fraction of sp³-hybridized carbons (Fsp3) is 0.216. The van der Waals surface area contributed by atoms with Crippen LogP contribution in [0.25, 0.3) is 55.4 Å². The third kappa shape index (κ3) is 4.44. The quantitative estimate of drug-likeness (QED) is 0.231. The van der Waals surface area contributed by atoms with Gasteiger partial charge in [0.25, 0.3) is 0 Å². The molecule has 0 fully saturated rings. The van der Waals surface area contributed by atoms with E-state index in [2.05, 4.69) is 4.98 Å². The Hall–Kier alpha value is -4.17. The zero-order chi connectivity index (χ0) is 37.5. The summed E-state index contributed by atoms with van der Waals surface area (Å²) < 4.78 is 106. The summed E-state index contributed by atoms with van der Waals surface area (Å²) in [4.78, 5) is 4.47. The highest BCUT2D eigenvalue weighted by Gasteiger charge is 2.17. The summed E-state index contributed by atoms with van der Waals surface area (Å²) in [5.41, 5.74) is 2.38. The maximum atomic E-state index is 8.52. The number of para-hydroxylation sites is 1. The molecule has 4 aromatic carbocycles. The van der Waals surface area contributed by atoms with E-state index in [9.17, 15) is 0 Å². The van der Waals surface area contributed by atoms with Crippen LogP contribution >= 0.6 is 0 Å². The van der Waals surface area contributed by atoms with Crippen LogP contribution in [0.5, 0.6) is 0 Å². The van der Waals surface area contributed by atoms with Crippen molar-refractivity contribution < 1.29 is 20.9 Å². The number of hydrogen-bond donors (Lipinski definition) is 0. The monoisotopic (exact) mass is 521 g/mol. The zero-order valence-corrected chi connectivity index (χ0v) is 21.9. The van der Waals surface area contributed by atoms with Crippen LogP contribution in [0.15, 0.2) is 89.5 Å². The summed E-state index contributed by atoms with van der Waals surface area (Å²) in [5.74, 6) is 0. The topological polar surface area (TPSA) is 26.0 Å². The first-order valence-corrected chi connectivity index (χ1v) is 12.7. The van der Waals surface area contributed by atoms with Crippen molar-refractivity contribution in [3.8, 4) is 33.5 Å². The largest absolute Gasteiger partial charge is 0.455 e. The number of aromatic nitrogens is 1. The summed E-state index contributed by atoms with van der Waals surface area (Å²) in [5, 5.41) is 1.33. The molecule has 2 heteroatoms. The number of aryl methyl sites for hydroxylation is 4. The van der Waals surface area contributed by atoms with Gasteiger partial charge in [0.05, 0.1) is 5.69 Å². The molecule has 0 unspecified atom stereocenters. The van der Waals surface area contributed by atoms with E-state index < -0.39 is 27.4 Å². The first-order chi connectivity index (χ1) is 23.4. The Morgan fingerprint density at radius 3 is 2.15 bits per heavy atom. The highest BCUT2D eigenvalue weighted by molar-refractivity contribution is 6.09. The number of pyridine rings is 1. The lowest BCUT2D eigenvalue weighted by atomic mass is 9.85. The fourth-order valence-corrected chi connectivity index (χ4v) is 5.04. The van der Waals surface area contributed by atoms with Crippen molar-refractivity contribution in [3.05, 3.63) is 113 Å². The average Bonchev–Trinajstić information content (AvgIpc) is 3.40. The molecule has 0 aliphatic heterocycles. The molecule has 0 saturated heterocycles. The summed E-state index contributed by atoms with van der Waals surface area (Å²) in [7, 11) is 0. The molecule has 6 rings (SSSR count). The predicted molar refractivity (Wildman–Crippen MR) is 165 cm³/mol. The van der Waals surface area contributed by atoms with Crippen molar-refractivity contribution in [1.29, 1.82) is 0 Å². The van der Waals surface area contributed by atoms with Gasteiger partial charge in [-0.2, -0.15) is 0 Å². The van der Waals surface area contributed by atoms with Gasteiger partial charge in [0.2, 0.25) is 0 Å². The van der Waals surface area contributed by atoms with Crippen molar-refractivity contribution in [2.75, 3.05) is 0 Å². The van der Waals surface area contributed by atoms with Crippen molar-refractivity contribution in [3.63, 3.8) is 0 Å². The minimum absolute atomic E-state index is 0.0101. The second kappa shape index (κ2) is 9.24. The SMILES string of the molecule is [2H]C([2H])([2H])c1ccc2c(c1)oc1c(-c3cc(-c4cc(C([2H])([2H])[2H])c(-c5ccc(C(C)(C)C)cc5)cc4C([2H])([2H])[2H])c(C([2H])([2H])[2H])cn3)cccc12. The van der Waals surface area contributed by atoms with Crippen LogP contribution in [0.3, 0.4) is 0 Å². The van der Waals surface area contributed by atoms with E-state index in [1.54, 1.807) is 36.4 Å². The molecule has 0 spiro atoms. The lowest BCUT2D eigenvalue weighted by molar-refractivity contribution is 0.590. The van der Waals surface area contributed by atoms with Gasteiger partial charge in [0.15, 0.2) is 0 Å². The molecule has 2 heterocycles. The third-order valence-corrected chi connectivity index (χ3v) is 7.19. The summed E-state index contributed by atoms with van der Waals surface area (Å²) in [6.07, 6.45) is 1.16. The van der Waals surface area contributed by atoms with Gasteiger partial charge in [0, 0.05) is 39.0 Å². The van der Waals surface area contributed by atoms with Crippen molar-refractivity contribution in [2.24, 2.45) is 0 Å².